The Labute approximate surface area is 233 Å². The summed E-state index contributed by atoms with van der Waals surface area (Å²) < 4.78 is 41.1. The Morgan fingerprint density at radius 3 is 2.60 bits per heavy atom. The van der Waals surface area contributed by atoms with Gasteiger partial charge in [0.25, 0.3) is 5.91 Å². The van der Waals surface area contributed by atoms with Gasteiger partial charge in [-0.15, -0.1) is 5.10 Å². The van der Waals surface area contributed by atoms with Crippen LogP contribution in [0.5, 0.6) is 0 Å². The van der Waals surface area contributed by atoms with Gasteiger partial charge in [-0.05, 0) is 80.6 Å². The topological polar surface area (TPSA) is 82.8 Å². The van der Waals surface area contributed by atoms with Crippen LogP contribution in [0, 0.1) is 18.8 Å². The van der Waals surface area contributed by atoms with Crippen LogP contribution in [-0.2, 0) is 6.18 Å². The Morgan fingerprint density at radius 1 is 1.12 bits per heavy atom. The van der Waals surface area contributed by atoms with Gasteiger partial charge in [-0.25, -0.2) is 9.50 Å². The zero-order valence-corrected chi connectivity index (χ0v) is 22.4. The first kappa shape index (κ1) is 27.5. The Hall–Kier alpha value is -4.07. The number of imidazole rings is 1. The zero-order chi connectivity index (χ0) is 28.7. The number of aliphatic hydroxyl groups is 1. The first-order valence-corrected chi connectivity index (χ1v) is 12.9. The number of hydrogen-bond acceptors (Lipinski definition) is 5. The molecule has 1 amide bonds. The molecule has 0 unspecified atom stereocenters. The first-order chi connectivity index (χ1) is 18.9. The number of anilines is 2. The number of halogens is 4. The van der Waals surface area contributed by atoms with Crippen LogP contribution in [0.25, 0.3) is 5.65 Å². The van der Waals surface area contributed by atoms with Crippen molar-refractivity contribution in [2.45, 2.75) is 38.5 Å². The summed E-state index contributed by atoms with van der Waals surface area (Å²) in [5.41, 5.74) is 0.882. The summed E-state index contributed by atoms with van der Waals surface area (Å²) in [6.45, 7) is 4.92. The molecule has 1 aliphatic heterocycles. The van der Waals surface area contributed by atoms with Crippen LogP contribution in [0.4, 0.5) is 24.7 Å². The summed E-state index contributed by atoms with van der Waals surface area (Å²) in [6, 6.07) is 11.6. The first-order valence-electron chi connectivity index (χ1n) is 12.5. The van der Waals surface area contributed by atoms with Crippen LogP contribution >= 0.6 is 11.6 Å². The van der Waals surface area contributed by atoms with Crippen LogP contribution in [0.3, 0.4) is 0 Å². The van der Waals surface area contributed by atoms with E-state index < -0.39 is 23.2 Å². The van der Waals surface area contributed by atoms with Gasteiger partial charge in [0.1, 0.15) is 11.5 Å². The van der Waals surface area contributed by atoms with Gasteiger partial charge in [0.15, 0.2) is 5.65 Å². The van der Waals surface area contributed by atoms with Gasteiger partial charge in [0, 0.05) is 34.9 Å². The van der Waals surface area contributed by atoms with E-state index in [4.69, 9.17) is 16.7 Å². The molecule has 0 bridgehead atoms. The number of carbonyl (C=O) groups is 1. The number of carbonyl (C=O) groups excluding carboxylic acids is 1. The third kappa shape index (κ3) is 5.91. The van der Waals surface area contributed by atoms with Crippen molar-refractivity contribution in [3.8, 4) is 11.8 Å². The number of rotatable bonds is 3. The second-order valence-corrected chi connectivity index (χ2v) is 10.4. The molecule has 1 saturated heterocycles. The third-order valence-corrected chi connectivity index (χ3v) is 7.12. The minimum absolute atomic E-state index is 0.0642. The Bertz CT molecular complexity index is 1660. The molecule has 3 heterocycles. The summed E-state index contributed by atoms with van der Waals surface area (Å²) in [6.07, 6.45) is -1.69. The summed E-state index contributed by atoms with van der Waals surface area (Å²) >= 11 is 5.84. The van der Waals surface area contributed by atoms with Crippen LogP contribution in [0.1, 0.15) is 52.5 Å². The lowest BCUT2D eigenvalue weighted by atomic mass is 9.94. The number of alkyl halides is 3. The summed E-state index contributed by atoms with van der Waals surface area (Å²) in [7, 11) is 0. The molecule has 5 rings (SSSR count). The minimum Gasteiger partial charge on any atom is -0.390 e. The van der Waals surface area contributed by atoms with Gasteiger partial charge >= 0.3 is 6.18 Å². The smallest absolute Gasteiger partial charge is 0.390 e. The van der Waals surface area contributed by atoms with Crippen molar-refractivity contribution in [3.63, 3.8) is 0 Å². The number of nitrogens with one attached hydrogen (secondary N) is 1. The molecule has 0 radical (unpaired) electrons. The van der Waals surface area contributed by atoms with Crippen LogP contribution in [0.15, 0.2) is 54.7 Å². The van der Waals surface area contributed by atoms with Crippen molar-refractivity contribution < 1.29 is 23.1 Å². The van der Waals surface area contributed by atoms with E-state index in [1.165, 1.54) is 6.07 Å². The molecule has 2 N–H and O–H groups in total. The standard InChI is InChI=1S/C29H25ClF3N5O2/c1-18-19(4-3-5-24(18)27(39)35-22-15-20(29(31,32)33)14-21(30)16-22)6-7-23-17-34-25-8-9-26(36-38(23)25)37-12-10-28(2,40)11-13-37/h3-5,8-9,14-17,40H,10-13H2,1-2H3,(H,35,39). The van der Waals surface area contributed by atoms with Gasteiger partial charge in [-0.2, -0.15) is 13.2 Å². The highest BCUT2D eigenvalue weighted by atomic mass is 35.5. The molecule has 206 valence electrons. The predicted molar refractivity (Wildman–Crippen MR) is 147 cm³/mol. The molecule has 0 aliphatic carbocycles. The molecule has 0 spiro atoms. The fourth-order valence-corrected chi connectivity index (χ4v) is 4.74. The van der Waals surface area contributed by atoms with E-state index in [-0.39, 0.29) is 16.3 Å². The van der Waals surface area contributed by atoms with E-state index in [0.29, 0.717) is 48.4 Å². The number of amides is 1. The fraction of sp³-hybridized carbons (Fsp3) is 0.276. The van der Waals surface area contributed by atoms with Crippen LogP contribution < -0.4 is 10.2 Å². The number of hydrogen-bond donors (Lipinski definition) is 2. The maximum absolute atomic E-state index is 13.2. The predicted octanol–water partition coefficient (Wildman–Crippen LogP) is 5.71. The number of benzene rings is 2. The van der Waals surface area contributed by atoms with Crippen molar-refractivity contribution in [1.82, 2.24) is 14.6 Å². The molecule has 0 saturated carbocycles. The van der Waals surface area contributed by atoms with Crippen LogP contribution in [0.2, 0.25) is 5.02 Å². The SMILES string of the molecule is Cc1c(C#Cc2cnc3ccc(N4CCC(C)(O)CC4)nn23)cccc1C(=O)Nc1cc(Cl)cc(C(F)(F)F)c1. The molecule has 4 aromatic rings. The van der Waals surface area contributed by atoms with Gasteiger partial charge < -0.3 is 15.3 Å². The second-order valence-electron chi connectivity index (χ2n) is 10.00. The average Bonchev–Trinajstić information content (AvgIpc) is 3.29. The normalized spacial score (nSPS) is 15.0. The van der Waals surface area contributed by atoms with Crippen molar-refractivity contribution in [2.24, 2.45) is 0 Å². The lowest BCUT2D eigenvalue weighted by Gasteiger charge is -2.36. The van der Waals surface area contributed by atoms with Crippen molar-refractivity contribution in [2.75, 3.05) is 23.3 Å². The lowest BCUT2D eigenvalue weighted by molar-refractivity contribution is -0.137. The summed E-state index contributed by atoms with van der Waals surface area (Å²) in [5, 5.41) is 17.3. The molecule has 40 heavy (non-hydrogen) atoms. The van der Waals surface area contributed by atoms with Crippen molar-refractivity contribution >= 4 is 34.7 Å². The van der Waals surface area contributed by atoms with E-state index in [9.17, 15) is 23.1 Å². The third-order valence-electron chi connectivity index (χ3n) is 6.90. The number of piperidine rings is 1. The molecule has 0 atom stereocenters. The van der Waals surface area contributed by atoms with E-state index in [2.05, 4.69) is 27.0 Å². The molecule has 7 nitrogen and oxygen atoms in total. The molecular formula is C29H25ClF3N5O2. The van der Waals surface area contributed by atoms with Crippen LogP contribution in [-0.4, -0.2) is 44.3 Å². The van der Waals surface area contributed by atoms with Gasteiger partial charge in [-0.1, -0.05) is 23.6 Å². The second kappa shape index (κ2) is 10.5. The molecule has 11 heteroatoms. The molecular weight excluding hydrogens is 543 g/mol. The summed E-state index contributed by atoms with van der Waals surface area (Å²) in [4.78, 5) is 19.4. The molecule has 1 aliphatic rings. The largest absolute Gasteiger partial charge is 0.416 e. The quantitative estimate of drug-likeness (QED) is 0.310. The fourth-order valence-electron chi connectivity index (χ4n) is 4.51. The zero-order valence-electron chi connectivity index (χ0n) is 21.7. The Balaban J connectivity index is 1.39. The lowest BCUT2D eigenvalue weighted by Crippen LogP contribution is -2.42. The number of aromatic nitrogens is 3. The van der Waals surface area contributed by atoms with E-state index in [1.54, 1.807) is 35.8 Å². The van der Waals surface area contributed by atoms with Gasteiger partial charge in [-0.3, -0.25) is 4.79 Å². The van der Waals surface area contributed by atoms with E-state index in [1.807, 2.05) is 19.1 Å². The van der Waals surface area contributed by atoms with E-state index >= 15 is 0 Å². The van der Waals surface area contributed by atoms with E-state index in [0.717, 1.165) is 18.0 Å². The highest BCUT2D eigenvalue weighted by Crippen LogP contribution is 2.33. The minimum atomic E-state index is -4.60. The molecule has 2 aromatic carbocycles. The monoisotopic (exact) mass is 567 g/mol. The summed E-state index contributed by atoms with van der Waals surface area (Å²) in [5.74, 6) is 6.31. The highest BCUT2D eigenvalue weighted by molar-refractivity contribution is 6.31. The average molecular weight is 568 g/mol. The maximum atomic E-state index is 13.2. The Kier molecular flexibility index (Phi) is 7.21. The van der Waals surface area contributed by atoms with Crippen molar-refractivity contribution in [3.05, 3.63) is 87.7 Å². The highest BCUT2D eigenvalue weighted by Gasteiger charge is 2.31. The Morgan fingerprint density at radius 2 is 1.88 bits per heavy atom. The van der Waals surface area contributed by atoms with Gasteiger partial charge in [0.2, 0.25) is 0 Å². The molecule has 2 aromatic heterocycles. The maximum Gasteiger partial charge on any atom is 0.416 e. The number of fused-ring (bicyclic) bond motifs is 1. The number of nitrogens with zero attached hydrogens (tertiary/aromatic N) is 4. The molecule has 1 fully saturated rings. The van der Waals surface area contributed by atoms with Crippen molar-refractivity contribution in [1.29, 1.82) is 0 Å². The van der Waals surface area contributed by atoms with Gasteiger partial charge in [0.05, 0.1) is 17.4 Å².